The Morgan fingerprint density at radius 1 is 1.19 bits per heavy atom. The van der Waals surface area contributed by atoms with E-state index < -0.39 is 0 Å². The van der Waals surface area contributed by atoms with Crippen LogP contribution in [0.25, 0.3) is 6.08 Å². The maximum Gasteiger partial charge on any atom is 0.246 e. The predicted octanol–water partition coefficient (Wildman–Crippen LogP) is 5.07. The fourth-order valence-corrected chi connectivity index (χ4v) is 2.84. The van der Waals surface area contributed by atoms with Gasteiger partial charge in [0.05, 0.1) is 18.7 Å². The molecule has 0 unspecified atom stereocenters. The monoisotopic (exact) mass is 393 g/mol. The maximum absolute atomic E-state index is 12.3. The second-order valence-corrected chi connectivity index (χ2v) is 6.40. The van der Waals surface area contributed by atoms with E-state index in [4.69, 9.17) is 32.7 Å². The van der Waals surface area contributed by atoms with Crippen molar-refractivity contribution in [2.45, 2.75) is 13.5 Å². The lowest BCUT2D eigenvalue weighted by molar-refractivity contribution is -0.125. The van der Waals surface area contributed by atoms with Crippen molar-refractivity contribution in [2.24, 2.45) is 0 Å². The van der Waals surface area contributed by atoms with Crippen LogP contribution in [-0.2, 0) is 11.3 Å². The van der Waals surface area contributed by atoms with E-state index in [1.807, 2.05) is 25.1 Å². The van der Waals surface area contributed by atoms with Gasteiger partial charge < -0.3 is 14.4 Å². The van der Waals surface area contributed by atoms with Crippen molar-refractivity contribution in [3.05, 3.63) is 63.6 Å². The van der Waals surface area contributed by atoms with Crippen molar-refractivity contribution in [3.63, 3.8) is 0 Å². The molecule has 4 nitrogen and oxygen atoms in total. The highest BCUT2D eigenvalue weighted by atomic mass is 35.5. The van der Waals surface area contributed by atoms with Crippen LogP contribution in [0.5, 0.6) is 11.5 Å². The molecule has 0 aliphatic rings. The lowest BCUT2D eigenvalue weighted by atomic mass is 10.1. The van der Waals surface area contributed by atoms with Gasteiger partial charge >= 0.3 is 0 Å². The van der Waals surface area contributed by atoms with Gasteiger partial charge in [0.15, 0.2) is 11.5 Å². The summed E-state index contributed by atoms with van der Waals surface area (Å²) in [5, 5.41) is 1.07. The zero-order valence-electron chi connectivity index (χ0n) is 15.0. The number of amides is 1. The number of hydrogen-bond donors (Lipinski definition) is 0. The maximum atomic E-state index is 12.3. The Morgan fingerprint density at radius 2 is 1.92 bits per heavy atom. The molecule has 0 radical (unpaired) electrons. The van der Waals surface area contributed by atoms with Crippen LogP contribution in [0.4, 0.5) is 0 Å². The number of halogens is 2. The summed E-state index contributed by atoms with van der Waals surface area (Å²) < 4.78 is 10.8. The third-order valence-corrected chi connectivity index (χ3v) is 4.35. The van der Waals surface area contributed by atoms with Gasteiger partial charge in [-0.05, 0) is 42.3 Å². The molecule has 0 saturated heterocycles. The molecule has 0 atom stereocenters. The minimum absolute atomic E-state index is 0.145. The second kappa shape index (κ2) is 9.51. The Kier molecular flexibility index (Phi) is 7.37. The lowest BCUT2D eigenvalue weighted by Gasteiger charge is -2.16. The fraction of sp³-hybridized carbons (Fsp3) is 0.250. The molecule has 0 aliphatic carbocycles. The van der Waals surface area contributed by atoms with Crippen LogP contribution in [0.1, 0.15) is 18.1 Å². The summed E-state index contributed by atoms with van der Waals surface area (Å²) in [4.78, 5) is 13.9. The van der Waals surface area contributed by atoms with Crippen LogP contribution in [-0.4, -0.2) is 31.6 Å². The molecule has 1 amide bonds. The molecular weight excluding hydrogens is 373 g/mol. The van der Waals surface area contributed by atoms with Crippen LogP contribution in [0.2, 0.25) is 10.0 Å². The van der Waals surface area contributed by atoms with Gasteiger partial charge in [0.1, 0.15) is 0 Å². The summed E-state index contributed by atoms with van der Waals surface area (Å²) in [6.07, 6.45) is 3.18. The minimum atomic E-state index is -0.145. The lowest BCUT2D eigenvalue weighted by Crippen LogP contribution is -2.24. The molecule has 0 fully saturated rings. The predicted molar refractivity (Wildman–Crippen MR) is 106 cm³/mol. The zero-order valence-corrected chi connectivity index (χ0v) is 16.5. The Morgan fingerprint density at radius 3 is 2.58 bits per heavy atom. The van der Waals surface area contributed by atoms with Gasteiger partial charge in [-0.15, -0.1) is 0 Å². The number of hydrogen-bond acceptors (Lipinski definition) is 3. The van der Waals surface area contributed by atoms with Gasteiger partial charge in [0.2, 0.25) is 5.91 Å². The molecule has 0 spiro atoms. The van der Waals surface area contributed by atoms with Crippen LogP contribution in [0.15, 0.2) is 42.5 Å². The molecule has 138 valence electrons. The Balaban J connectivity index is 2.12. The van der Waals surface area contributed by atoms with Crippen LogP contribution >= 0.6 is 23.2 Å². The quantitative estimate of drug-likeness (QED) is 0.616. The number of ether oxygens (including phenoxy) is 2. The third kappa shape index (κ3) is 5.16. The highest BCUT2D eigenvalue weighted by Crippen LogP contribution is 2.36. The van der Waals surface area contributed by atoms with E-state index in [-0.39, 0.29) is 5.91 Å². The first-order chi connectivity index (χ1) is 12.5. The first kappa shape index (κ1) is 20.1. The molecule has 0 aromatic heterocycles. The number of rotatable bonds is 7. The van der Waals surface area contributed by atoms with E-state index in [2.05, 4.69) is 0 Å². The minimum Gasteiger partial charge on any atom is -0.493 e. The van der Waals surface area contributed by atoms with Gasteiger partial charge in [0, 0.05) is 24.7 Å². The van der Waals surface area contributed by atoms with Gasteiger partial charge in [0.25, 0.3) is 0 Å². The summed E-state index contributed by atoms with van der Waals surface area (Å²) in [6.45, 7) is 2.78. The number of methoxy groups -OCH3 is 1. The average Bonchev–Trinajstić information content (AvgIpc) is 2.63. The van der Waals surface area contributed by atoms with Crippen molar-refractivity contribution in [1.82, 2.24) is 4.90 Å². The molecule has 0 bridgehead atoms. The third-order valence-electron chi connectivity index (χ3n) is 3.70. The van der Waals surface area contributed by atoms with Crippen LogP contribution in [0.3, 0.4) is 0 Å². The summed E-state index contributed by atoms with van der Waals surface area (Å²) in [7, 11) is 3.27. The first-order valence-electron chi connectivity index (χ1n) is 8.13. The summed E-state index contributed by atoms with van der Waals surface area (Å²) in [6, 6.07) is 11.0. The Labute approximate surface area is 163 Å². The molecule has 0 saturated carbocycles. The fourth-order valence-electron chi connectivity index (χ4n) is 2.38. The van der Waals surface area contributed by atoms with E-state index in [1.165, 1.54) is 6.08 Å². The summed E-state index contributed by atoms with van der Waals surface area (Å²) >= 11 is 12.4. The van der Waals surface area contributed by atoms with Crippen LogP contribution in [0, 0.1) is 0 Å². The van der Waals surface area contributed by atoms with E-state index in [1.54, 1.807) is 43.3 Å². The number of benzene rings is 2. The van der Waals surface area contributed by atoms with Crippen LogP contribution < -0.4 is 9.47 Å². The highest BCUT2D eigenvalue weighted by molar-refractivity contribution is 6.32. The number of nitrogens with zero attached hydrogens (tertiary/aromatic N) is 1. The summed E-state index contributed by atoms with van der Waals surface area (Å²) in [5.74, 6) is 0.876. The van der Waals surface area contributed by atoms with E-state index in [9.17, 15) is 4.79 Å². The molecule has 2 aromatic rings. The smallest absolute Gasteiger partial charge is 0.246 e. The van der Waals surface area contributed by atoms with Crippen molar-refractivity contribution in [2.75, 3.05) is 20.8 Å². The van der Waals surface area contributed by atoms with Crippen molar-refractivity contribution in [1.29, 1.82) is 0 Å². The molecular formula is C20H21Cl2NO3. The number of carbonyl (C=O) groups excluding carboxylic acids is 1. The second-order valence-electron chi connectivity index (χ2n) is 5.59. The topological polar surface area (TPSA) is 38.8 Å². The zero-order chi connectivity index (χ0) is 19.1. The van der Waals surface area contributed by atoms with Gasteiger partial charge in [-0.25, -0.2) is 0 Å². The molecule has 2 aromatic carbocycles. The van der Waals surface area contributed by atoms with E-state index in [0.717, 1.165) is 11.1 Å². The largest absolute Gasteiger partial charge is 0.493 e. The van der Waals surface area contributed by atoms with Crippen molar-refractivity contribution in [3.8, 4) is 11.5 Å². The molecule has 2 rings (SSSR count). The Hall–Kier alpha value is -2.17. The normalized spacial score (nSPS) is 10.8. The standard InChI is InChI=1S/C20H21Cl2NO3/c1-4-26-20-17(22)11-14(12-18(20)25-3)9-10-19(24)23(2)13-15-7-5-6-8-16(15)21/h5-12H,4,13H2,1-3H3/b10-9+. The van der Waals surface area contributed by atoms with Crippen molar-refractivity contribution < 1.29 is 14.3 Å². The van der Waals surface area contributed by atoms with Gasteiger partial charge in [-0.1, -0.05) is 41.4 Å². The van der Waals surface area contributed by atoms with E-state index >= 15 is 0 Å². The van der Waals surface area contributed by atoms with Crippen molar-refractivity contribution >= 4 is 35.2 Å². The van der Waals surface area contributed by atoms with E-state index in [0.29, 0.717) is 34.7 Å². The van der Waals surface area contributed by atoms with Gasteiger partial charge in [-0.2, -0.15) is 0 Å². The Bertz CT molecular complexity index is 806. The molecule has 26 heavy (non-hydrogen) atoms. The number of likely N-dealkylation sites (N-methyl/N-ethyl adjacent to an activating group) is 1. The highest BCUT2D eigenvalue weighted by Gasteiger charge is 2.12. The molecule has 0 N–H and O–H groups in total. The van der Waals surface area contributed by atoms with Gasteiger partial charge in [-0.3, -0.25) is 4.79 Å². The molecule has 0 heterocycles. The first-order valence-corrected chi connectivity index (χ1v) is 8.88. The molecule has 6 heteroatoms. The SMILES string of the molecule is CCOc1c(Cl)cc(/C=C/C(=O)N(C)Cc2ccccc2Cl)cc1OC. The number of carbonyl (C=O) groups is 1. The average molecular weight is 394 g/mol. The molecule has 0 aliphatic heterocycles. The summed E-state index contributed by atoms with van der Waals surface area (Å²) in [5.41, 5.74) is 1.64.